The first kappa shape index (κ1) is 18.7. The highest BCUT2D eigenvalue weighted by Crippen LogP contribution is 2.03. The van der Waals surface area contributed by atoms with Crippen LogP contribution in [0.25, 0.3) is 0 Å². The molecule has 0 aromatic carbocycles. The summed E-state index contributed by atoms with van der Waals surface area (Å²) >= 11 is 0. The minimum atomic E-state index is -0.858. The molecule has 0 rings (SSSR count). The van der Waals surface area contributed by atoms with Crippen molar-refractivity contribution in [2.75, 3.05) is 40.5 Å². The molecule has 2 atom stereocenters. The topological polar surface area (TPSA) is 88.1 Å². The summed E-state index contributed by atoms with van der Waals surface area (Å²) in [4.78, 5) is 24.4. The molecule has 0 aliphatic rings. The van der Waals surface area contributed by atoms with Gasteiger partial charge in [0.05, 0.1) is 25.2 Å². The fourth-order valence-electron chi connectivity index (χ4n) is 1.66. The lowest BCUT2D eigenvalue weighted by molar-refractivity contribution is -0.141. The molecule has 2 amide bonds. The van der Waals surface area contributed by atoms with Crippen molar-refractivity contribution >= 4 is 12.0 Å². The molecular weight excluding hydrogens is 264 g/mol. The van der Waals surface area contributed by atoms with Crippen molar-refractivity contribution in [3.63, 3.8) is 0 Å². The number of ether oxygens (including phenoxy) is 2. The lowest BCUT2D eigenvalue weighted by atomic mass is 10.1. The van der Waals surface area contributed by atoms with Crippen LogP contribution in [0, 0.1) is 5.92 Å². The highest BCUT2D eigenvalue weighted by Gasteiger charge is 2.20. The van der Waals surface area contributed by atoms with Crippen molar-refractivity contribution in [3.8, 4) is 0 Å². The Hall–Kier alpha value is -1.34. The third kappa shape index (κ3) is 7.30. The predicted octanol–water partition coefficient (Wildman–Crippen LogP) is 0.790. The molecule has 0 heterocycles. The van der Waals surface area contributed by atoms with Crippen LogP contribution in [0.5, 0.6) is 0 Å². The van der Waals surface area contributed by atoms with Crippen molar-refractivity contribution < 1.29 is 24.2 Å². The molecule has 0 fully saturated rings. The molecule has 7 nitrogen and oxygen atoms in total. The number of aliphatic carboxylic acids is 1. The van der Waals surface area contributed by atoms with E-state index in [9.17, 15) is 9.59 Å². The van der Waals surface area contributed by atoms with Crippen molar-refractivity contribution in [1.29, 1.82) is 0 Å². The van der Waals surface area contributed by atoms with E-state index in [-0.39, 0.29) is 12.1 Å². The molecule has 0 bridgehead atoms. The number of hydrogen-bond acceptors (Lipinski definition) is 4. The molecule has 0 radical (unpaired) electrons. The Kier molecular flexibility index (Phi) is 9.75. The zero-order valence-electron chi connectivity index (χ0n) is 12.7. The third-order valence-electron chi connectivity index (χ3n) is 3.01. The minimum Gasteiger partial charge on any atom is -0.481 e. The molecule has 0 saturated heterocycles. The van der Waals surface area contributed by atoms with Gasteiger partial charge in [-0.15, -0.1) is 0 Å². The quantitative estimate of drug-likeness (QED) is 0.621. The van der Waals surface area contributed by atoms with E-state index in [1.54, 1.807) is 26.0 Å². The van der Waals surface area contributed by atoms with E-state index in [1.165, 1.54) is 0 Å². The molecule has 2 unspecified atom stereocenters. The lowest BCUT2D eigenvalue weighted by Crippen LogP contribution is -2.48. The highest BCUT2D eigenvalue weighted by atomic mass is 16.5. The number of urea groups is 1. The number of carboxylic acid groups (broad SMARTS) is 1. The average Bonchev–Trinajstić information content (AvgIpc) is 2.39. The molecule has 0 aromatic heterocycles. The Morgan fingerprint density at radius 1 is 1.25 bits per heavy atom. The summed E-state index contributed by atoms with van der Waals surface area (Å²) in [5.41, 5.74) is 0. The Bertz CT molecular complexity index is 298. The van der Waals surface area contributed by atoms with E-state index in [0.29, 0.717) is 32.7 Å². The van der Waals surface area contributed by atoms with Crippen LogP contribution in [0.4, 0.5) is 4.79 Å². The zero-order chi connectivity index (χ0) is 15.5. The third-order valence-corrected chi connectivity index (χ3v) is 3.01. The van der Waals surface area contributed by atoms with E-state index in [4.69, 9.17) is 14.6 Å². The number of carbonyl (C=O) groups excluding carboxylic acids is 1. The summed E-state index contributed by atoms with van der Waals surface area (Å²) in [5.74, 6) is -1.33. The normalized spacial score (nSPS) is 13.6. The molecular formula is C13H26N2O5. The standard InChI is InChI=1S/C13H26N2O5/c1-10(12(16)17)5-6-14-13(18)15(7-8-19-3)11(2)9-20-4/h10-11H,5-9H2,1-4H3,(H,14,18)(H,16,17). The Morgan fingerprint density at radius 2 is 1.90 bits per heavy atom. The highest BCUT2D eigenvalue weighted by molar-refractivity contribution is 5.74. The van der Waals surface area contributed by atoms with Gasteiger partial charge < -0.3 is 24.8 Å². The predicted molar refractivity (Wildman–Crippen MR) is 74.7 cm³/mol. The van der Waals surface area contributed by atoms with Crippen LogP contribution in [-0.2, 0) is 14.3 Å². The first-order valence-electron chi connectivity index (χ1n) is 6.69. The molecule has 0 aliphatic heterocycles. The van der Waals surface area contributed by atoms with Gasteiger partial charge in [0.2, 0.25) is 0 Å². The van der Waals surface area contributed by atoms with Gasteiger partial charge in [-0.2, -0.15) is 0 Å². The number of nitrogens with zero attached hydrogens (tertiary/aromatic N) is 1. The molecule has 0 aliphatic carbocycles. The van der Waals surface area contributed by atoms with Crippen molar-refractivity contribution in [1.82, 2.24) is 10.2 Å². The second-order valence-corrected chi connectivity index (χ2v) is 4.75. The molecule has 0 saturated carbocycles. The van der Waals surface area contributed by atoms with Gasteiger partial charge in [0.15, 0.2) is 0 Å². The number of nitrogens with one attached hydrogen (secondary N) is 1. The smallest absolute Gasteiger partial charge is 0.317 e. The zero-order valence-corrected chi connectivity index (χ0v) is 12.7. The van der Waals surface area contributed by atoms with E-state index >= 15 is 0 Å². The Morgan fingerprint density at radius 3 is 2.40 bits per heavy atom. The van der Waals surface area contributed by atoms with Crippen LogP contribution in [0.15, 0.2) is 0 Å². The Balaban J connectivity index is 4.28. The summed E-state index contributed by atoms with van der Waals surface area (Å²) in [6.07, 6.45) is 0.401. The van der Waals surface area contributed by atoms with Gasteiger partial charge in [-0.1, -0.05) is 6.92 Å². The van der Waals surface area contributed by atoms with Gasteiger partial charge in [0.1, 0.15) is 0 Å². The largest absolute Gasteiger partial charge is 0.481 e. The van der Waals surface area contributed by atoms with Crippen molar-refractivity contribution in [2.24, 2.45) is 5.92 Å². The summed E-state index contributed by atoms with van der Waals surface area (Å²) in [7, 11) is 3.16. The molecule has 2 N–H and O–H groups in total. The first-order chi connectivity index (χ1) is 9.43. The van der Waals surface area contributed by atoms with Crippen molar-refractivity contribution in [3.05, 3.63) is 0 Å². The fourth-order valence-corrected chi connectivity index (χ4v) is 1.66. The number of hydrogen-bond donors (Lipinski definition) is 2. The van der Waals surface area contributed by atoms with Crippen LogP contribution in [0.2, 0.25) is 0 Å². The van der Waals surface area contributed by atoms with Crippen LogP contribution in [-0.4, -0.2) is 68.6 Å². The van der Waals surface area contributed by atoms with Crippen LogP contribution in [0.1, 0.15) is 20.3 Å². The monoisotopic (exact) mass is 290 g/mol. The molecule has 7 heteroatoms. The summed E-state index contributed by atoms with van der Waals surface area (Å²) < 4.78 is 10.0. The van der Waals surface area contributed by atoms with Crippen LogP contribution >= 0.6 is 0 Å². The molecule has 0 aromatic rings. The summed E-state index contributed by atoms with van der Waals surface area (Å²) in [6.45, 7) is 5.16. The fraction of sp³-hybridized carbons (Fsp3) is 0.846. The van der Waals surface area contributed by atoms with Crippen LogP contribution in [0.3, 0.4) is 0 Å². The number of carbonyl (C=O) groups is 2. The second-order valence-electron chi connectivity index (χ2n) is 4.75. The summed E-state index contributed by atoms with van der Waals surface area (Å²) in [5, 5.41) is 11.5. The molecule has 0 spiro atoms. The second kappa shape index (κ2) is 10.4. The number of methoxy groups -OCH3 is 2. The maximum absolute atomic E-state index is 12.1. The maximum Gasteiger partial charge on any atom is 0.317 e. The van der Waals surface area contributed by atoms with Gasteiger partial charge >= 0.3 is 12.0 Å². The van der Waals surface area contributed by atoms with Gasteiger partial charge in [-0.3, -0.25) is 4.79 Å². The molecule has 20 heavy (non-hydrogen) atoms. The van der Waals surface area contributed by atoms with Gasteiger partial charge in [0, 0.05) is 27.3 Å². The van der Waals surface area contributed by atoms with Crippen LogP contribution < -0.4 is 5.32 Å². The number of carboxylic acids is 1. The van der Waals surface area contributed by atoms with E-state index in [1.807, 2.05) is 6.92 Å². The van der Waals surface area contributed by atoms with Gasteiger partial charge in [-0.05, 0) is 13.3 Å². The SMILES string of the molecule is COCCN(C(=O)NCCC(C)C(=O)O)C(C)COC. The first-order valence-corrected chi connectivity index (χ1v) is 6.69. The number of amides is 2. The lowest BCUT2D eigenvalue weighted by Gasteiger charge is -2.28. The van der Waals surface area contributed by atoms with E-state index in [0.717, 1.165) is 0 Å². The van der Waals surface area contributed by atoms with E-state index < -0.39 is 11.9 Å². The molecule has 118 valence electrons. The Labute approximate surface area is 120 Å². The maximum atomic E-state index is 12.1. The summed E-state index contributed by atoms with van der Waals surface area (Å²) in [6, 6.07) is -0.309. The minimum absolute atomic E-state index is 0.0768. The van der Waals surface area contributed by atoms with Crippen molar-refractivity contribution in [2.45, 2.75) is 26.3 Å². The number of rotatable bonds is 10. The van der Waals surface area contributed by atoms with Gasteiger partial charge in [-0.25, -0.2) is 4.79 Å². The van der Waals surface area contributed by atoms with E-state index in [2.05, 4.69) is 5.32 Å². The van der Waals surface area contributed by atoms with Gasteiger partial charge in [0.25, 0.3) is 0 Å². The average molecular weight is 290 g/mol.